The molecule has 0 amide bonds. The van der Waals surface area contributed by atoms with Gasteiger partial charge in [0, 0.05) is 13.1 Å². The molecule has 0 spiro atoms. The van der Waals surface area contributed by atoms with Crippen molar-refractivity contribution < 1.29 is 22.4 Å². The number of nitrogens with zero attached hydrogens (tertiary/aromatic N) is 4. The minimum Gasteiger partial charge on any atom is -0.484 e. The summed E-state index contributed by atoms with van der Waals surface area (Å²) in [6.07, 6.45) is 2.76. The minimum atomic E-state index is -1.65. The average molecular weight is 453 g/mol. The number of hydrogen-bond donors (Lipinski definition) is 0. The Hall–Kier alpha value is -2.13. The number of aromatic nitrogens is 2. The highest BCUT2D eigenvalue weighted by molar-refractivity contribution is 5.33. The van der Waals surface area contributed by atoms with Gasteiger partial charge in [0.05, 0.1) is 6.54 Å². The predicted octanol–water partition coefficient (Wildman–Crippen LogP) is 4.41. The Bertz CT molecular complexity index is 891. The van der Waals surface area contributed by atoms with Gasteiger partial charge in [0.2, 0.25) is 11.7 Å². The molecule has 0 aliphatic carbocycles. The number of piperidine rings is 2. The third-order valence-corrected chi connectivity index (χ3v) is 6.39. The van der Waals surface area contributed by atoms with E-state index in [9.17, 15) is 13.2 Å². The topological polar surface area (TPSA) is 54.6 Å². The zero-order valence-corrected chi connectivity index (χ0v) is 18.9. The Kier molecular flexibility index (Phi) is 6.76. The molecule has 0 N–H and O–H groups in total. The van der Waals surface area contributed by atoms with Crippen molar-refractivity contribution in [1.82, 2.24) is 19.9 Å². The number of rotatable bonds is 6. The molecule has 32 heavy (non-hydrogen) atoms. The summed E-state index contributed by atoms with van der Waals surface area (Å²) in [5.41, 5.74) is -0.940. The van der Waals surface area contributed by atoms with Crippen LogP contribution < -0.4 is 4.74 Å². The lowest BCUT2D eigenvalue weighted by Gasteiger charge is -2.32. The van der Waals surface area contributed by atoms with Crippen molar-refractivity contribution >= 4 is 0 Å². The number of benzene rings is 1. The van der Waals surface area contributed by atoms with Crippen LogP contribution in [0.15, 0.2) is 16.7 Å². The molecule has 6 nitrogen and oxygen atoms in total. The monoisotopic (exact) mass is 452 g/mol. The van der Waals surface area contributed by atoms with Crippen LogP contribution in [-0.4, -0.2) is 59.3 Å². The first-order valence-electron chi connectivity index (χ1n) is 11.3. The van der Waals surface area contributed by atoms with Crippen LogP contribution in [0.25, 0.3) is 0 Å². The van der Waals surface area contributed by atoms with E-state index < -0.39 is 17.3 Å². The lowest BCUT2D eigenvalue weighted by molar-refractivity contribution is 0.0842. The fraction of sp³-hybridized carbons (Fsp3) is 0.652. The second-order valence-corrected chi connectivity index (χ2v) is 9.47. The standard InChI is InChI=1S/C23H31F3N4O2/c1-23(2,26)22-27-20(32-28-22)14-30-10-6-17(7-11-30)31-21-18(24)12-16(13-19(21)25)15-4-8-29(3)9-5-15/h12-13,15,17H,4-11,14H2,1-3H3. The molecule has 0 unspecified atom stereocenters. The molecule has 0 radical (unpaired) electrons. The maximum atomic E-state index is 14.7. The third kappa shape index (κ3) is 5.43. The zero-order chi connectivity index (χ0) is 22.9. The van der Waals surface area contributed by atoms with Crippen LogP contribution in [0.1, 0.15) is 62.7 Å². The molecule has 2 aliphatic rings. The molecule has 176 valence electrons. The SMILES string of the molecule is CN1CCC(c2cc(F)c(OC3CCN(Cc4nc(C(C)(C)F)no4)CC3)c(F)c2)CC1. The van der Waals surface area contributed by atoms with Crippen molar-refractivity contribution in [3.63, 3.8) is 0 Å². The van der Waals surface area contributed by atoms with Crippen LogP contribution in [0.5, 0.6) is 5.75 Å². The molecule has 1 aromatic carbocycles. The highest BCUT2D eigenvalue weighted by Gasteiger charge is 2.28. The first-order valence-corrected chi connectivity index (χ1v) is 11.3. The van der Waals surface area contributed by atoms with E-state index in [0.717, 1.165) is 25.9 Å². The van der Waals surface area contributed by atoms with Crippen molar-refractivity contribution in [2.45, 2.75) is 63.8 Å². The lowest BCUT2D eigenvalue weighted by atomic mass is 9.89. The van der Waals surface area contributed by atoms with E-state index >= 15 is 0 Å². The largest absolute Gasteiger partial charge is 0.484 e. The van der Waals surface area contributed by atoms with E-state index in [0.29, 0.717) is 43.9 Å². The molecule has 3 heterocycles. The van der Waals surface area contributed by atoms with Gasteiger partial charge in [0.15, 0.2) is 23.1 Å². The number of hydrogen-bond acceptors (Lipinski definition) is 6. The van der Waals surface area contributed by atoms with Crippen LogP contribution in [-0.2, 0) is 12.2 Å². The summed E-state index contributed by atoms with van der Waals surface area (Å²) in [5.74, 6) is -0.985. The van der Waals surface area contributed by atoms with Gasteiger partial charge in [-0.2, -0.15) is 4.98 Å². The lowest BCUT2D eigenvalue weighted by Crippen LogP contribution is -2.38. The van der Waals surface area contributed by atoms with E-state index in [1.807, 2.05) is 0 Å². The third-order valence-electron chi connectivity index (χ3n) is 6.39. The number of ether oxygens (including phenoxy) is 1. The number of halogens is 3. The molecule has 0 saturated carbocycles. The first-order chi connectivity index (χ1) is 15.2. The Balaban J connectivity index is 1.31. The predicted molar refractivity (Wildman–Crippen MR) is 113 cm³/mol. The summed E-state index contributed by atoms with van der Waals surface area (Å²) in [4.78, 5) is 8.42. The fourth-order valence-electron chi connectivity index (χ4n) is 4.37. The summed E-state index contributed by atoms with van der Waals surface area (Å²) in [6, 6.07) is 2.87. The van der Waals surface area contributed by atoms with Crippen molar-refractivity contribution in [3.05, 3.63) is 41.0 Å². The normalized spacial score (nSPS) is 20.1. The second-order valence-electron chi connectivity index (χ2n) is 9.47. The molecule has 2 aromatic rings. The van der Waals surface area contributed by atoms with Gasteiger partial charge in [-0.1, -0.05) is 5.16 Å². The summed E-state index contributed by atoms with van der Waals surface area (Å²) in [5, 5.41) is 3.69. The number of alkyl halides is 1. The molecule has 1 aromatic heterocycles. The van der Waals surface area contributed by atoms with Crippen LogP contribution in [0.4, 0.5) is 13.2 Å². The van der Waals surface area contributed by atoms with Gasteiger partial charge in [-0.3, -0.25) is 4.90 Å². The molecule has 0 atom stereocenters. The van der Waals surface area contributed by atoms with Gasteiger partial charge < -0.3 is 14.2 Å². The van der Waals surface area contributed by atoms with E-state index in [4.69, 9.17) is 9.26 Å². The van der Waals surface area contributed by atoms with Crippen molar-refractivity contribution in [2.75, 3.05) is 33.2 Å². The molecule has 9 heteroatoms. The van der Waals surface area contributed by atoms with Gasteiger partial charge >= 0.3 is 0 Å². The fourth-order valence-corrected chi connectivity index (χ4v) is 4.37. The van der Waals surface area contributed by atoms with E-state index in [-0.39, 0.29) is 23.6 Å². The molecule has 2 fully saturated rings. The van der Waals surface area contributed by atoms with E-state index in [2.05, 4.69) is 27.0 Å². The smallest absolute Gasteiger partial charge is 0.240 e. The Morgan fingerprint density at radius 2 is 1.69 bits per heavy atom. The van der Waals surface area contributed by atoms with Crippen molar-refractivity contribution in [2.24, 2.45) is 0 Å². The van der Waals surface area contributed by atoms with Crippen molar-refractivity contribution in [1.29, 1.82) is 0 Å². The average Bonchev–Trinajstić information content (AvgIpc) is 3.21. The van der Waals surface area contributed by atoms with Crippen LogP contribution in [0.3, 0.4) is 0 Å². The quantitative estimate of drug-likeness (QED) is 0.648. The second kappa shape index (κ2) is 9.39. The van der Waals surface area contributed by atoms with Crippen LogP contribution in [0.2, 0.25) is 0 Å². The van der Waals surface area contributed by atoms with Gasteiger partial charge in [-0.25, -0.2) is 13.2 Å². The maximum absolute atomic E-state index is 14.7. The highest BCUT2D eigenvalue weighted by atomic mass is 19.1. The van der Waals surface area contributed by atoms with Crippen LogP contribution in [0, 0.1) is 11.6 Å². The Morgan fingerprint density at radius 3 is 2.25 bits per heavy atom. The molecular weight excluding hydrogens is 421 g/mol. The number of likely N-dealkylation sites (tertiary alicyclic amines) is 2. The van der Waals surface area contributed by atoms with E-state index in [1.165, 1.54) is 26.0 Å². The van der Waals surface area contributed by atoms with Crippen LogP contribution >= 0.6 is 0 Å². The van der Waals surface area contributed by atoms with E-state index in [1.54, 1.807) is 0 Å². The maximum Gasteiger partial charge on any atom is 0.240 e. The van der Waals surface area contributed by atoms with Gasteiger partial charge in [-0.05, 0) is 83.3 Å². The summed E-state index contributed by atoms with van der Waals surface area (Å²) in [6.45, 7) is 6.33. The zero-order valence-electron chi connectivity index (χ0n) is 18.9. The molecule has 2 aliphatic heterocycles. The highest BCUT2D eigenvalue weighted by Crippen LogP contribution is 2.33. The summed E-state index contributed by atoms with van der Waals surface area (Å²) in [7, 11) is 2.06. The van der Waals surface area contributed by atoms with Crippen molar-refractivity contribution in [3.8, 4) is 5.75 Å². The van der Waals surface area contributed by atoms with Gasteiger partial charge in [0.1, 0.15) is 6.10 Å². The van der Waals surface area contributed by atoms with Gasteiger partial charge in [-0.15, -0.1) is 0 Å². The molecular formula is C23H31F3N4O2. The minimum absolute atomic E-state index is 0.0281. The molecule has 4 rings (SSSR count). The Morgan fingerprint density at radius 1 is 1.06 bits per heavy atom. The summed E-state index contributed by atoms with van der Waals surface area (Å²) >= 11 is 0. The summed E-state index contributed by atoms with van der Waals surface area (Å²) < 4.78 is 54.2. The first kappa shape index (κ1) is 23.0. The Labute approximate surface area is 186 Å². The molecule has 0 bridgehead atoms. The van der Waals surface area contributed by atoms with Gasteiger partial charge in [0.25, 0.3) is 0 Å². The molecule has 2 saturated heterocycles.